The van der Waals surface area contributed by atoms with Gasteiger partial charge in [-0.15, -0.1) is 29.9 Å². The van der Waals surface area contributed by atoms with Crippen LogP contribution in [0.2, 0.25) is 0 Å². The summed E-state index contributed by atoms with van der Waals surface area (Å²) in [5.41, 5.74) is 2.78. The topological polar surface area (TPSA) is 117 Å². The number of ether oxygens (including phenoxy) is 1. The number of rotatable bonds is 6. The molecule has 0 spiro atoms. The van der Waals surface area contributed by atoms with Crippen molar-refractivity contribution in [3.63, 3.8) is 0 Å². The third kappa shape index (κ3) is 7.02. The first-order valence-corrected chi connectivity index (χ1v) is 11.0. The molecule has 1 saturated heterocycles. The van der Waals surface area contributed by atoms with E-state index in [0.29, 0.717) is 44.5 Å². The number of aliphatic hydroxyl groups excluding tert-OH is 1. The largest absolute Gasteiger partial charge is 0.473 e. The van der Waals surface area contributed by atoms with E-state index in [0.717, 1.165) is 0 Å². The van der Waals surface area contributed by atoms with Crippen LogP contribution in [-0.2, 0) is 17.8 Å². The molecule has 11 heteroatoms. The summed E-state index contributed by atoms with van der Waals surface area (Å²) in [4.78, 5) is 25.8. The molecule has 9 nitrogen and oxygen atoms in total. The van der Waals surface area contributed by atoms with E-state index in [2.05, 4.69) is 33.0 Å². The van der Waals surface area contributed by atoms with Crippen LogP contribution in [0, 0.1) is 0 Å². The number of carbonyl (C=O) groups excluding carboxylic acids is 2. The van der Waals surface area contributed by atoms with E-state index in [1.807, 2.05) is 12.1 Å². The lowest BCUT2D eigenvalue weighted by Crippen LogP contribution is -2.49. The van der Waals surface area contributed by atoms with E-state index in [1.54, 1.807) is 17.9 Å². The average Bonchev–Trinajstić information content (AvgIpc) is 2.82. The molecule has 1 fully saturated rings. The first-order valence-electron chi connectivity index (χ1n) is 11.0. The molecule has 2 aromatic rings. The molecular weight excluding hydrogens is 481 g/mol. The second-order valence-electron chi connectivity index (χ2n) is 8.34. The number of nitrogens with one attached hydrogen (secondary N) is 2. The van der Waals surface area contributed by atoms with Gasteiger partial charge in [0.25, 0.3) is 5.91 Å². The molecule has 2 aliphatic rings. The zero-order chi connectivity index (χ0) is 22.5. The van der Waals surface area contributed by atoms with Gasteiger partial charge in [-0.1, -0.05) is 24.3 Å². The van der Waals surface area contributed by atoms with Crippen molar-refractivity contribution in [3.8, 4) is 5.88 Å². The minimum absolute atomic E-state index is 0. The van der Waals surface area contributed by atoms with Crippen LogP contribution in [-0.4, -0.2) is 69.9 Å². The molecule has 2 atom stereocenters. The lowest BCUT2D eigenvalue weighted by atomic mass is 9.93. The number of benzene rings is 1. The van der Waals surface area contributed by atoms with Crippen molar-refractivity contribution in [3.05, 3.63) is 53.2 Å². The van der Waals surface area contributed by atoms with Crippen molar-refractivity contribution in [2.75, 3.05) is 19.6 Å². The molecule has 4 rings (SSSR count). The summed E-state index contributed by atoms with van der Waals surface area (Å²) in [7, 11) is 0. The molecule has 1 aromatic carbocycles. The summed E-state index contributed by atoms with van der Waals surface area (Å²) < 4.78 is 5.88. The van der Waals surface area contributed by atoms with E-state index < -0.39 is 6.10 Å². The Morgan fingerprint density at radius 1 is 1.24 bits per heavy atom. The monoisotopic (exact) mass is 511 g/mol. The van der Waals surface area contributed by atoms with Crippen LogP contribution in [0.25, 0.3) is 0 Å². The SMILES string of the molecule is CC(=O)N1CCC(Oc2cc(C(=O)NC[C@@H](O)[C@@H]3Cc4ccccc4CN3)cnn2)CC1.Cl.Cl. The van der Waals surface area contributed by atoms with E-state index in [4.69, 9.17) is 4.74 Å². The molecule has 0 bridgehead atoms. The summed E-state index contributed by atoms with van der Waals surface area (Å²) in [6.07, 6.45) is 2.72. The Balaban J connectivity index is 0.00000204. The standard InChI is InChI=1S/C23H29N5O4.2ClH/c1-15(29)28-8-6-19(7-9-28)32-22-11-18(13-26-27-22)23(31)25-14-21(30)20-10-16-4-2-3-5-17(16)12-24-20;;/h2-5,11,13,19-21,24,30H,6-10,12,14H2,1H3,(H,25,31);2*1H/t20-,21+;;/m0../s1. The van der Waals surface area contributed by atoms with E-state index in [-0.39, 0.29) is 61.2 Å². The number of hydrogen-bond donors (Lipinski definition) is 3. The summed E-state index contributed by atoms with van der Waals surface area (Å²) in [5.74, 6) is 0.00756. The second-order valence-corrected chi connectivity index (χ2v) is 8.34. The van der Waals surface area contributed by atoms with Crippen LogP contribution in [0.5, 0.6) is 5.88 Å². The Hall–Kier alpha value is -2.46. The Kier molecular flexibility index (Phi) is 10.5. The highest BCUT2D eigenvalue weighted by atomic mass is 35.5. The van der Waals surface area contributed by atoms with Gasteiger partial charge < -0.3 is 25.4 Å². The van der Waals surface area contributed by atoms with Gasteiger partial charge in [-0.05, 0) is 17.5 Å². The summed E-state index contributed by atoms with van der Waals surface area (Å²) >= 11 is 0. The lowest BCUT2D eigenvalue weighted by molar-refractivity contribution is -0.130. The molecule has 0 saturated carbocycles. The van der Waals surface area contributed by atoms with E-state index in [1.165, 1.54) is 17.3 Å². The highest BCUT2D eigenvalue weighted by Gasteiger charge is 2.25. The Bertz CT molecular complexity index is 972. The Labute approximate surface area is 211 Å². The number of aliphatic hydroxyl groups is 1. The maximum atomic E-state index is 12.6. The summed E-state index contributed by atoms with van der Waals surface area (Å²) in [5, 5.41) is 24.5. The number of piperidine rings is 1. The van der Waals surface area contributed by atoms with Crippen LogP contribution in [0.15, 0.2) is 36.5 Å². The highest BCUT2D eigenvalue weighted by Crippen LogP contribution is 2.19. The van der Waals surface area contributed by atoms with E-state index >= 15 is 0 Å². The van der Waals surface area contributed by atoms with Gasteiger partial charge in [0.05, 0.1) is 17.9 Å². The predicted molar refractivity (Wildman–Crippen MR) is 132 cm³/mol. The third-order valence-corrected chi connectivity index (χ3v) is 6.12. The second kappa shape index (κ2) is 12.9. The van der Waals surface area contributed by atoms with Gasteiger partial charge >= 0.3 is 0 Å². The maximum Gasteiger partial charge on any atom is 0.253 e. The molecule has 186 valence electrons. The zero-order valence-corrected chi connectivity index (χ0v) is 20.6. The smallest absolute Gasteiger partial charge is 0.253 e. The van der Waals surface area contributed by atoms with Gasteiger partial charge in [-0.2, -0.15) is 5.10 Å². The summed E-state index contributed by atoms with van der Waals surface area (Å²) in [6.45, 7) is 3.68. The van der Waals surface area contributed by atoms with Crippen LogP contribution in [0.3, 0.4) is 0 Å². The van der Waals surface area contributed by atoms with E-state index in [9.17, 15) is 14.7 Å². The number of amides is 2. The number of carbonyl (C=O) groups is 2. The molecule has 34 heavy (non-hydrogen) atoms. The molecule has 2 aliphatic heterocycles. The summed E-state index contributed by atoms with van der Waals surface area (Å²) in [6, 6.07) is 9.59. The Morgan fingerprint density at radius 3 is 2.65 bits per heavy atom. The minimum Gasteiger partial charge on any atom is -0.473 e. The van der Waals surface area contributed by atoms with Crippen molar-refractivity contribution in [1.29, 1.82) is 0 Å². The van der Waals surface area contributed by atoms with Gasteiger partial charge in [0.2, 0.25) is 11.8 Å². The average molecular weight is 512 g/mol. The molecular formula is C23H31Cl2N5O4. The number of fused-ring (bicyclic) bond motifs is 1. The van der Waals surface area contributed by atoms with Crippen LogP contribution in [0.1, 0.15) is 41.3 Å². The van der Waals surface area contributed by atoms with Gasteiger partial charge in [0.15, 0.2) is 0 Å². The highest BCUT2D eigenvalue weighted by molar-refractivity contribution is 5.94. The molecule has 2 amide bonds. The maximum absolute atomic E-state index is 12.6. The fourth-order valence-corrected chi connectivity index (χ4v) is 4.18. The van der Waals surface area contributed by atoms with Crippen LogP contribution >= 0.6 is 24.8 Å². The molecule has 3 N–H and O–H groups in total. The first kappa shape index (κ1) is 27.8. The van der Waals surface area contributed by atoms with Crippen molar-refractivity contribution in [2.24, 2.45) is 0 Å². The van der Waals surface area contributed by atoms with Gasteiger partial charge in [-0.3, -0.25) is 9.59 Å². The minimum atomic E-state index is -0.718. The normalized spacial score (nSPS) is 18.5. The zero-order valence-electron chi connectivity index (χ0n) is 19.0. The number of nitrogens with zero attached hydrogens (tertiary/aromatic N) is 3. The van der Waals surface area contributed by atoms with Crippen molar-refractivity contribution < 1.29 is 19.4 Å². The van der Waals surface area contributed by atoms with Crippen LogP contribution < -0.4 is 15.4 Å². The Morgan fingerprint density at radius 2 is 1.94 bits per heavy atom. The number of hydrogen-bond acceptors (Lipinski definition) is 7. The number of halogens is 2. The van der Waals surface area contributed by atoms with Crippen molar-refractivity contribution in [1.82, 2.24) is 25.7 Å². The predicted octanol–water partition coefficient (Wildman–Crippen LogP) is 1.52. The fourth-order valence-electron chi connectivity index (χ4n) is 4.18. The van der Waals surface area contributed by atoms with Gasteiger partial charge in [0, 0.05) is 58.1 Å². The fraction of sp³-hybridized carbons (Fsp3) is 0.478. The third-order valence-electron chi connectivity index (χ3n) is 6.12. The first-order chi connectivity index (χ1) is 15.5. The molecule has 0 radical (unpaired) electrons. The molecule has 0 aliphatic carbocycles. The number of aromatic nitrogens is 2. The number of likely N-dealkylation sites (tertiary alicyclic amines) is 1. The lowest BCUT2D eigenvalue weighted by Gasteiger charge is -2.31. The quantitative estimate of drug-likeness (QED) is 0.538. The van der Waals surface area contributed by atoms with Gasteiger partial charge in [0.1, 0.15) is 6.10 Å². The molecule has 0 unspecified atom stereocenters. The van der Waals surface area contributed by atoms with Crippen molar-refractivity contribution in [2.45, 2.75) is 51.0 Å². The van der Waals surface area contributed by atoms with Crippen molar-refractivity contribution >= 4 is 36.6 Å². The molecule has 3 heterocycles. The van der Waals surface area contributed by atoms with Gasteiger partial charge in [-0.25, -0.2) is 0 Å². The van der Waals surface area contributed by atoms with Crippen LogP contribution in [0.4, 0.5) is 0 Å². The molecule has 1 aromatic heterocycles.